The molecule has 2 heterocycles. The summed E-state index contributed by atoms with van der Waals surface area (Å²) in [6, 6.07) is 1.86. The number of carbonyl (C=O) groups excluding carboxylic acids is 1. The Hall–Kier alpha value is -1.78. The zero-order valence-corrected chi connectivity index (χ0v) is 8.39. The first-order valence-corrected chi connectivity index (χ1v) is 4.92. The Bertz CT molecular complexity index is 379. The molecule has 1 saturated heterocycles. The number of aromatic nitrogens is 1. The smallest absolute Gasteiger partial charge is 0.222 e. The highest BCUT2D eigenvalue weighted by Gasteiger charge is 2.27. The molecule has 1 aromatic rings. The molecule has 5 heteroatoms. The van der Waals surface area contributed by atoms with Crippen molar-refractivity contribution in [2.45, 2.75) is 6.42 Å². The van der Waals surface area contributed by atoms with Gasteiger partial charge < -0.3 is 16.4 Å². The van der Waals surface area contributed by atoms with E-state index in [9.17, 15) is 4.79 Å². The zero-order chi connectivity index (χ0) is 10.8. The van der Waals surface area contributed by atoms with Gasteiger partial charge in [0.2, 0.25) is 5.91 Å². The fourth-order valence-electron chi connectivity index (χ4n) is 1.90. The summed E-state index contributed by atoms with van der Waals surface area (Å²) in [5, 5.41) is 0. The van der Waals surface area contributed by atoms with E-state index in [-0.39, 0.29) is 11.8 Å². The van der Waals surface area contributed by atoms with Crippen molar-refractivity contribution in [3.05, 3.63) is 18.5 Å². The Labute approximate surface area is 88.1 Å². The van der Waals surface area contributed by atoms with Crippen LogP contribution < -0.4 is 16.4 Å². The van der Waals surface area contributed by atoms with Gasteiger partial charge in [0.05, 0.1) is 23.5 Å². The van der Waals surface area contributed by atoms with Gasteiger partial charge in [-0.2, -0.15) is 0 Å². The predicted octanol–water partition coefficient (Wildman–Crippen LogP) is -0.0246. The van der Waals surface area contributed by atoms with E-state index in [1.807, 2.05) is 6.07 Å². The minimum absolute atomic E-state index is 0.0578. The molecule has 1 amide bonds. The second-order valence-electron chi connectivity index (χ2n) is 3.77. The van der Waals surface area contributed by atoms with Crippen LogP contribution in [0.2, 0.25) is 0 Å². The van der Waals surface area contributed by atoms with Crippen molar-refractivity contribution in [1.29, 1.82) is 0 Å². The van der Waals surface area contributed by atoms with Crippen LogP contribution in [0.25, 0.3) is 0 Å². The summed E-state index contributed by atoms with van der Waals surface area (Å²) in [5.41, 5.74) is 12.6. The molecule has 2 rings (SSSR count). The second-order valence-corrected chi connectivity index (χ2v) is 3.77. The maximum atomic E-state index is 11.0. The first-order chi connectivity index (χ1) is 7.18. The minimum atomic E-state index is -0.231. The topological polar surface area (TPSA) is 85.2 Å². The zero-order valence-electron chi connectivity index (χ0n) is 8.39. The lowest BCUT2D eigenvalue weighted by Gasteiger charge is -2.19. The van der Waals surface area contributed by atoms with E-state index in [1.54, 1.807) is 12.4 Å². The van der Waals surface area contributed by atoms with Crippen molar-refractivity contribution < 1.29 is 4.79 Å². The van der Waals surface area contributed by atoms with Crippen molar-refractivity contribution in [1.82, 2.24) is 4.98 Å². The van der Waals surface area contributed by atoms with E-state index in [0.717, 1.165) is 18.7 Å². The molecule has 80 valence electrons. The molecular formula is C10H14N4O. The number of primary amides is 1. The first-order valence-electron chi connectivity index (χ1n) is 4.92. The van der Waals surface area contributed by atoms with E-state index < -0.39 is 0 Å². The standard InChI is InChI=1S/C10H14N4O/c11-8-5-13-3-1-9(8)14-4-2-7(6-14)10(12)15/h1,3,5,7H,2,4,6,11H2,(H2,12,15). The van der Waals surface area contributed by atoms with E-state index in [2.05, 4.69) is 9.88 Å². The molecular weight excluding hydrogens is 192 g/mol. The number of nitrogen functional groups attached to an aromatic ring is 1. The van der Waals surface area contributed by atoms with E-state index in [4.69, 9.17) is 11.5 Å². The Kier molecular flexibility index (Phi) is 2.45. The number of pyridine rings is 1. The van der Waals surface area contributed by atoms with E-state index in [1.165, 1.54) is 0 Å². The average molecular weight is 206 g/mol. The number of hydrogen-bond donors (Lipinski definition) is 2. The molecule has 0 spiro atoms. The highest BCUT2D eigenvalue weighted by Crippen LogP contribution is 2.27. The van der Waals surface area contributed by atoms with Crippen molar-refractivity contribution in [3.63, 3.8) is 0 Å². The molecule has 5 nitrogen and oxygen atoms in total. The summed E-state index contributed by atoms with van der Waals surface area (Å²) >= 11 is 0. The highest BCUT2D eigenvalue weighted by molar-refractivity contribution is 5.79. The van der Waals surface area contributed by atoms with Crippen molar-refractivity contribution in [3.8, 4) is 0 Å². The molecule has 0 bridgehead atoms. The molecule has 1 fully saturated rings. The number of rotatable bonds is 2. The number of nitrogens with zero attached hydrogens (tertiary/aromatic N) is 2. The summed E-state index contributed by atoms with van der Waals surface area (Å²) in [6.45, 7) is 1.48. The normalized spacial score (nSPS) is 20.5. The quantitative estimate of drug-likeness (QED) is 0.711. The maximum absolute atomic E-state index is 11.0. The van der Waals surface area contributed by atoms with Crippen LogP contribution in [0.3, 0.4) is 0 Å². The first kappa shape index (κ1) is 9.76. The summed E-state index contributed by atoms with van der Waals surface area (Å²) in [5.74, 6) is -0.289. The molecule has 1 unspecified atom stereocenters. The van der Waals surface area contributed by atoms with Gasteiger partial charge in [0, 0.05) is 19.3 Å². The number of amides is 1. The van der Waals surface area contributed by atoms with E-state index >= 15 is 0 Å². The van der Waals surface area contributed by atoms with Crippen LogP contribution in [0.5, 0.6) is 0 Å². The van der Waals surface area contributed by atoms with Gasteiger partial charge in [0.25, 0.3) is 0 Å². The fraction of sp³-hybridized carbons (Fsp3) is 0.400. The molecule has 4 N–H and O–H groups in total. The lowest BCUT2D eigenvalue weighted by Crippen LogP contribution is -2.27. The summed E-state index contributed by atoms with van der Waals surface area (Å²) < 4.78 is 0. The number of carbonyl (C=O) groups is 1. The predicted molar refractivity (Wildman–Crippen MR) is 58.2 cm³/mol. The Morgan fingerprint density at radius 3 is 3.00 bits per heavy atom. The van der Waals surface area contributed by atoms with Crippen LogP contribution in [-0.2, 0) is 4.79 Å². The number of anilines is 2. The van der Waals surface area contributed by atoms with Gasteiger partial charge in [-0.05, 0) is 12.5 Å². The van der Waals surface area contributed by atoms with Gasteiger partial charge in [-0.25, -0.2) is 0 Å². The van der Waals surface area contributed by atoms with Gasteiger partial charge in [0.15, 0.2) is 0 Å². The Morgan fingerprint density at radius 2 is 2.40 bits per heavy atom. The lowest BCUT2D eigenvalue weighted by molar-refractivity contribution is -0.121. The molecule has 1 aliphatic rings. The van der Waals surface area contributed by atoms with Crippen molar-refractivity contribution in [2.24, 2.45) is 11.7 Å². The third kappa shape index (κ3) is 1.86. The molecule has 0 saturated carbocycles. The van der Waals surface area contributed by atoms with Gasteiger partial charge in [0.1, 0.15) is 0 Å². The largest absolute Gasteiger partial charge is 0.396 e. The third-order valence-corrected chi connectivity index (χ3v) is 2.76. The molecule has 1 atom stereocenters. The molecule has 0 aliphatic carbocycles. The Balaban J connectivity index is 2.14. The van der Waals surface area contributed by atoms with Crippen LogP contribution in [-0.4, -0.2) is 24.0 Å². The van der Waals surface area contributed by atoms with Gasteiger partial charge in [-0.15, -0.1) is 0 Å². The lowest BCUT2D eigenvalue weighted by atomic mass is 10.1. The second kappa shape index (κ2) is 3.76. The fourth-order valence-corrected chi connectivity index (χ4v) is 1.90. The van der Waals surface area contributed by atoms with Gasteiger partial charge in [-0.1, -0.05) is 0 Å². The monoisotopic (exact) mass is 206 g/mol. The van der Waals surface area contributed by atoms with Gasteiger partial charge >= 0.3 is 0 Å². The number of hydrogen-bond acceptors (Lipinski definition) is 4. The summed E-state index contributed by atoms with van der Waals surface area (Å²) in [6.07, 6.45) is 4.12. The summed E-state index contributed by atoms with van der Waals surface area (Å²) in [7, 11) is 0. The molecule has 1 aromatic heterocycles. The summed E-state index contributed by atoms with van der Waals surface area (Å²) in [4.78, 5) is 17.0. The van der Waals surface area contributed by atoms with Gasteiger partial charge in [-0.3, -0.25) is 9.78 Å². The van der Waals surface area contributed by atoms with Crippen LogP contribution in [0.1, 0.15) is 6.42 Å². The highest BCUT2D eigenvalue weighted by atomic mass is 16.1. The van der Waals surface area contributed by atoms with Crippen LogP contribution in [0, 0.1) is 5.92 Å². The van der Waals surface area contributed by atoms with Crippen LogP contribution >= 0.6 is 0 Å². The van der Waals surface area contributed by atoms with Crippen molar-refractivity contribution >= 4 is 17.3 Å². The molecule has 0 aromatic carbocycles. The SMILES string of the molecule is NC(=O)C1CCN(c2ccncc2N)C1. The molecule has 0 radical (unpaired) electrons. The van der Waals surface area contributed by atoms with Crippen molar-refractivity contribution in [2.75, 3.05) is 23.7 Å². The minimum Gasteiger partial charge on any atom is -0.396 e. The molecule has 1 aliphatic heterocycles. The average Bonchev–Trinajstić information content (AvgIpc) is 2.67. The maximum Gasteiger partial charge on any atom is 0.222 e. The third-order valence-electron chi connectivity index (χ3n) is 2.76. The van der Waals surface area contributed by atoms with Crippen LogP contribution in [0.4, 0.5) is 11.4 Å². The van der Waals surface area contributed by atoms with E-state index in [0.29, 0.717) is 12.2 Å². The number of nitrogens with two attached hydrogens (primary N) is 2. The molecule has 15 heavy (non-hydrogen) atoms. The Morgan fingerprint density at radius 1 is 1.60 bits per heavy atom. The van der Waals surface area contributed by atoms with Crippen LogP contribution in [0.15, 0.2) is 18.5 Å².